The average molecular weight is 917 g/mol. The second kappa shape index (κ2) is 21.7. The van der Waals surface area contributed by atoms with Gasteiger partial charge in [-0.2, -0.15) is 4.98 Å². The lowest BCUT2D eigenvalue weighted by molar-refractivity contribution is -0.137. The lowest BCUT2D eigenvalue weighted by Gasteiger charge is -2.43. The fraction of sp³-hybridized carbons (Fsp3) is 0.540. The Hall–Kier alpha value is -6.09. The molecule has 8 rings (SSSR count). The molecule has 5 aliphatic rings. The number of fused-ring (bicyclic) bond motifs is 2. The molecular weight excluding hydrogens is 853 g/mol. The number of methoxy groups -OCH3 is 1. The summed E-state index contributed by atoms with van der Waals surface area (Å²) < 4.78 is 11.6. The van der Waals surface area contributed by atoms with E-state index < -0.39 is 11.9 Å². The van der Waals surface area contributed by atoms with Gasteiger partial charge in [-0.15, -0.1) is 0 Å². The summed E-state index contributed by atoms with van der Waals surface area (Å²) in [5.74, 6) is 7.06. The van der Waals surface area contributed by atoms with Crippen LogP contribution in [0.25, 0.3) is 0 Å². The van der Waals surface area contributed by atoms with Crippen molar-refractivity contribution in [3.8, 4) is 17.6 Å². The van der Waals surface area contributed by atoms with Crippen LogP contribution >= 0.6 is 0 Å². The monoisotopic (exact) mass is 916 g/mol. The van der Waals surface area contributed by atoms with Crippen molar-refractivity contribution in [3.63, 3.8) is 0 Å². The number of hydrogen-bond donors (Lipinski definition) is 3. The molecule has 2 aromatic carbocycles. The Kier molecular flexibility index (Phi) is 15.3. The van der Waals surface area contributed by atoms with E-state index in [4.69, 9.17) is 14.5 Å². The number of hydrogen-bond acceptors (Lipinski definition) is 13. The Morgan fingerprint density at radius 3 is 2.58 bits per heavy atom. The highest BCUT2D eigenvalue weighted by Crippen LogP contribution is 2.40. The summed E-state index contributed by atoms with van der Waals surface area (Å²) in [5, 5.41) is 8.89. The number of likely N-dealkylation sites (tertiary alicyclic amines) is 1. The first-order valence-corrected chi connectivity index (χ1v) is 24.0. The third-order valence-corrected chi connectivity index (χ3v) is 13.8. The minimum Gasteiger partial charge on any atom is -0.495 e. The lowest BCUT2D eigenvalue weighted by atomic mass is 10.0. The molecule has 5 heterocycles. The topological polar surface area (TPSA) is 182 Å². The first kappa shape index (κ1) is 47.4. The third kappa shape index (κ3) is 10.9. The SMILES string of the molecule is CC[C@@H]1C(=O)N(C)c2cnc(Nc3ccc(C(=O)NC4CCN(CCN(C)CCCOCCC#Cc5cccc6c5CN(C5CCC(=O)NC5=O)C6=O)CC4)cc3OC)nc2N1C1CCCC1. The average Bonchev–Trinajstić information content (AvgIpc) is 3.99. The normalized spacial score (nSPS) is 20.2. The van der Waals surface area contributed by atoms with E-state index in [0.717, 1.165) is 94.6 Å². The Morgan fingerprint density at radius 1 is 1.01 bits per heavy atom. The molecule has 3 aromatic rings. The number of benzene rings is 2. The number of nitrogens with zero attached hydrogens (tertiary/aromatic N) is 7. The van der Waals surface area contributed by atoms with Gasteiger partial charge in [0.25, 0.3) is 11.8 Å². The van der Waals surface area contributed by atoms with Gasteiger partial charge in [-0.3, -0.25) is 29.3 Å². The van der Waals surface area contributed by atoms with E-state index in [1.165, 1.54) is 0 Å². The molecule has 0 radical (unpaired) electrons. The van der Waals surface area contributed by atoms with Gasteiger partial charge in [0.05, 0.1) is 25.6 Å². The molecule has 356 valence electrons. The number of amides is 5. The van der Waals surface area contributed by atoms with Gasteiger partial charge in [0.15, 0.2) is 5.82 Å². The Morgan fingerprint density at radius 2 is 1.82 bits per heavy atom. The molecule has 17 nitrogen and oxygen atoms in total. The highest BCUT2D eigenvalue weighted by molar-refractivity contribution is 6.06. The van der Waals surface area contributed by atoms with Crippen LogP contribution < -0.4 is 30.5 Å². The van der Waals surface area contributed by atoms with Crippen LogP contribution in [-0.4, -0.2) is 146 Å². The van der Waals surface area contributed by atoms with Crippen molar-refractivity contribution in [1.29, 1.82) is 0 Å². The van der Waals surface area contributed by atoms with E-state index in [1.807, 2.05) is 25.1 Å². The number of aromatic nitrogens is 2. The second-order valence-corrected chi connectivity index (χ2v) is 18.3. The number of carbonyl (C=O) groups is 5. The second-order valence-electron chi connectivity index (χ2n) is 18.3. The molecule has 2 saturated heterocycles. The van der Waals surface area contributed by atoms with Gasteiger partial charge in [0, 0.05) is 94.5 Å². The number of rotatable bonds is 17. The summed E-state index contributed by atoms with van der Waals surface area (Å²) in [4.78, 5) is 83.6. The molecule has 1 aliphatic carbocycles. The number of anilines is 4. The van der Waals surface area contributed by atoms with Crippen molar-refractivity contribution in [2.45, 2.75) is 108 Å². The van der Waals surface area contributed by atoms with Crippen LogP contribution in [0, 0.1) is 11.8 Å². The fourth-order valence-electron chi connectivity index (χ4n) is 10.0. The molecule has 0 spiro atoms. The number of likely N-dealkylation sites (N-methyl/N-ethyl adjacent to an activating group) is 2. The standard InChI is InChI=1S/C50H64N10O7/c1-5-40-49(65)57(3)42-31-51-50(55-45(42)60(40)36-14-6-7-15-36)53-39-18-17-34(30-43(39)66-4)46(62)52-35-21-24-58(25-22-35)27-26-56(2)23-11-29-67-28-9-8-12-33-13-10-16-37-38(33)32-59(48(37)64)41-19-20-44(61)54-47(41)63/h10,13,16-18,30-31,35-36,40-41H,5-7,9,11,14-15,19-29,32H2,1-4H3,(H,52,62)(H,51,53,55)(H,54,61,63)/t40-,41?/m1/s1. The van der Waals surface area contributed by atoms with Gasteiger partial charge < -0.3 is 44.6 Å². The summed E-state index contributed by atoms with van der Waals surface area (Å²) in [6.45, 7) is 8.16. The number of imide groups is 1. The van der Waals surface area contributed by atoms with Crippen molar-refractivity contribution in [2.75, 3.05) is 82.3 Å². The minimum absolute atomic E-state index is 0.0719. The van der Waals surface area contributed by atoms with Gasteiger partial charge in [0.2, 0.25) is 23.7 Å². The highest BCUT2D eigenvalue weighted by Gasteiger charge is 2.42. The fourth-order valence-corrected chi connectivity index (χ4v) is 10.0. The lowest BCUT2D eigenvalue weighted by Crippen LogP contribution is -2.55. The summed E-state index contributed by atoms with van der Waals surface area (Å²) in [7, 11) is 5.50. The zero-order valence-corrected chi connectivity index (χ0v) is 39.3. The minimum atomic E-state index is -0.649. The van der Waals surface area contributed by atoms with E-state index in [0.29, 0.717) is 73.2 Å². The van der Waals surface area contributed by atoms with Crippen LogP contribution in [-0.2, 0) is 25.7 Å². The first-order valence-electron chi connectivity index (χ1n) is 24.0. The molecule has 5 amide bonds. The Balaban J connectivity index is 0.723. The van der Waals surface area contributed by atoms with Gasteiger partial charge in [-0.25, -0.2) is 4.98 Å². The number of nitrogens with one attached hydrogen (secondary N) is 3. The van der Waals surface area contributed by atoms with E-state index >= 15 is 0 Å². The molecule has 2 atom stereocenters. The van der Waals surface area contributed by atoms with Crippen LogP contribution in [0.3, 0.4) is 0 Å². The maximum absolute atomic E-state index is 13.4. The third-order valence-electron chi connectivity index (χ3n) is 13.8. The molecule has 17 heteroatoms. The molecule has 1 saturated carbocycles. The van der Waals surface area contributed by atoms with Crippen molar-refractivity contribution in [3.05, 3.63) is 64.8 Å². The van der Waals surface area contributed by atoms with Crippen molar-refractivity contribution in [2.24, 2.45) is 0 Å². The van der Waals surface area contributed by atoms with Crippen molar-refractivity contribution >= 4 is 52.7 Å². The van der Waals surface area contributed by atoms with Gasteiger partial charge in [-0.05, 0) is 87.9 Å². The largest absolute Gasteiger partial charge is 0.495 e. The summed E-state index contributed by atoms with van der Waals surface area (Å²) in [5.41, 5.74) is 4.02. The van der Waals surface area contributed by atoms with Crippen LogP contribution in [0.1, 0.15) is 109 Å². The van der Waals surface area contributed by atoms with Gasteiger partial charge >= 0.3 is 0 Å². The molecule has 0 bridgehead atoms. The van der Waals surface area contributed by atoms with E-state index in [2.05, 4.69) is 54.5 Å². The molecule has 67 heavy (non-hydrogen) atoms. The first-order chi connectivity index (χ1) is 32.5. The van der Waals surface area contributed by atoms with Crippen LogP contribution in [0.4, 0.5) is 23.1 Å². The molecule has 4 aliphatic heterocycles. The molecule has 1 unspecified atom stereocenters. The number of piperidine rings is 2. The van der Waals surface area contributed by atoms with E-state index in [9.17, 15) is 24.0 Å². The summed E-state index contributed by atoms with van der Waals surface area (Å²) in [6.07, 6.45) is 10.6. The zero-order chi connectivity index (χ0) is 47.0. The molecule has 1 aromatic heterocycles. The van der Waals surface area contributed by atoms with Crippen molar-refractivity contribution in [1.82, 2.24) is 35.3 Å². The Labute approximate surface area is 393 Å². The number of ether oxygens (including phenoxy) is 2. The maximum atomic E-state index is 13.4. The zero-order valence-electron chi connectivity index (χ0n) is 39.3. The quantitative estimate of drug-likeness (QED) is 0.0982. The number of carbonyl (C=O) groups excluding carboxylic acids is 5. The molecule has 3 N–H and O–H groups in total. The maximum Gasteiger partial charge on any atom is 0.255 e. The van der Waals surface area contributed by atoms with E-state index in [1.54, 1.807) is 48.4 Å². The molecular formula is C50H64N10O7. The predicted octanol–water partition coefficient (Wildman–Crippen LogP) is 4.47. The van der Waals surface area contributed by atoms with Gasteiger partial charge in [-0.1, -0.05) is 37.7 Å². The van der Waals surface area contributed by atoms with Gasteiger partial charge in [0.1, 0.15) is 23.5 Å². The van der Waals surface area contributed by atoms with Crippen LogP contribution in [0.5, 0.6) is 5.75 Å². The summed E-state index contributed by atoms with van der Waals surface area (Å²) >= 11 is 0. The van der Waals surface area contributed by atoms with E-state index in [-0.39, 0.29) is 48.2 Å². The Bertz CT molecular complexity index is 2390. The highest BCUT2D eigenvalue weighted by atomic mass is 16.5. The summed E-state index contributed by atoms with van der Waals surface area (Å²) in [6, 6.07) is 10.3. The van der Waals surface area contributed by atoms with Crippen LogP contribution in [0.2, 0.25) is 0 Å². The smallest absolute Gasteiger partial charge is 0.255 e. The molecule has 3 fully saturated rings. The van der Waals surface area contributed by atoms with Crippen LogP contribution in [0.15, 0.2) is 42.6 Å². The van der Waals surface area contributed by atoms with Crippen molar-refractivity contribution < 1.29 is 33.4 Å². The predicted molar refractivity (Wildman–Crippen MR) is 254 cm³/mol.